The summed E-state index contributed by atoms with van der Waals surface area (Å²) in [5, 5.41) is 12.6. The van der Waals surface area contributed by atoms with E-state index < -0.39 is 17.3 Å². The molecule has 3 rings (SSSR count). The van der Waals surface area contributed by atoms with Crippen LogP contribution in [0.3, 0.4) is 0 Å². The van der Waals surface area contributed by atoms with Crippen molar-refractivity contribution in [2.24, 2.45) is 5.92 Å². The van der Waals surface area contributed by atoms with Crippen molar-refractivity contribution in [1.29, 1.82) is 5.26 Å². The number of thioether (sulfide) groups is 1. The van der Waals surface area contributed by atoms with E-state index in [9.17, 15) is 23.2 Å². The summed E-state index contributed by atoms with van der Waals surface area (Å²) in [6, 6.07) is 15.1. The molecule has 0 radical (unpaired) electrons. The van der Waals surface area contributed by atoms with Crippen molar-refractivity contribution < 1.29 is 18.0 Å². The first-order valence-electron chi connectivity index (χ1n) is 10.00. The highest BCUT2D eigenvalue weighted by Crippen LogP contribution is 2.33. The van der Waals surface area contributed by atoms with Crippen LogP contribution in [-0.2, 0) is 17.5 Å². The number of hydrogen-bond acceptors (Lipinski definition) is 4. The Kier molecular flexibility index (Phi) is 6.84. The van der Waals surface area contributed by atoms with Crippen LogP contribution in [0.15, 0.2) is 53.7 Å². The van der Waals surface area contributed by atoms with Gasteiger partial charge in [0.25, 0.3) is 0 Å². The number of amides is 1. The van der Waals surface area contributed by atoms with Gasteiger partial charge in [0.2, 0.25) is 5.91 Å². The summed E-state index contributed by atoms with van der Waals surface area (Å²) in [6.07, 6.45) is -4.47. The summed E-state index contributed by atoms with van der Waals surface area (Å²) in [4.78, 5) is 16.9. The van der Waals surface area contributed by atoms with Gasteiger partial charge in [0.15, 0.2) is 5.16 Å². The molecule has 9 heteroatoms. The maximum Gasteiger partial charge on any atom is 0.416 e. The molecule has 1 unspecified atom stereocenters. The molecule has 5 nitrogen and oxygen atoms in total. The van der Waals surface area contributed by atoms with Gasteiger partial charge in [-0.1, -0.05) is 55.9 Å². The number of imidazole rings is 1. The summed E-state index contributed by atoms with van der Waals surface area (Å²) in [5.41, 5.74) is -0.0691. The van der Waals surface area contributed by atoms with E-state index in [0.717, 1.165) is 29.5 Å². The molecule has 1 N–H and O–H groups in total. The second kappa shape index (κ2) is 9.25. The zero-order valence-electron chi connectivity index (χ0n) is 17.9. The zero-order chi connectivity index (χ0) is 23.5. The number of carbonyl (C=O) groups excluding carboxylic acids is 1. The SMILES string of the molecule is CC(C)C(C)(C#N)NC(=O)CSc1nc2cc(C(F)(F)F)ccc2n1Cc1ccccc1. The first-order valence-corrected chi connectivity index (χ1v) is 11.0. The van der Waals surface area contributed by atoms with Crippen molar-refractivity contribution in [1.82, 2.24) is 14.9 Å². The lowest BCUT2D eigenvalue weighted by Crippen LogP contribution is -2.49. The van der Waals surface area contributed by atoms with Crippen LogP contribution in [0.1, 0.15) is 31.9 Å². The molecule has 0 saturated heterocycles. The maximum atomic E-state index is 13.2. The number of hydrogen-bond donors (Lipinski definition) is 1. The third-order valence-electron chi connectivity index (χ3n) is 5.34. The van der Waals surface area contributed by atoms with Crippen LogP contribution in [0.25, 0.3) is 11.0 Å². The minimum atomic E-state index is -4.47. The molecule has 0 fully saturated rings. The van der Waals surface area contributed by atoms with Crippen LogP contribution in [0.4, 0.5) is 13.2 Å². The van der Waals surface area contributed by atoms with Crippen molar-refractivity contribution in [2.45, 2.75) is 44.2 Å². The van der Waals surface area contributed by atoms with Crippen LogP contribution >= 0.6 is 11.8 Å². The molecule has 1 atom stereocenters. The maximum absolute atomic E-state index is 13.2. The van der Waals surface area contributed by atoms with E-state index in [4.69, 9.17) is 0 Å². The van der Waals surface area contributed by atoms with Crippen molar-refractivity contribution >= 4 is 28.7 Å². The monoisotopic (exact) mass is 460 g/mol. The number of benzene rings is 2. The van der Waals surface area contributed by atoms with Crippen LogP contribution in [0, 0.1) is 17.2 Å². The molecule has 32 heavy (non-hydrogen) atoms. The van der Waals surface area contributed by atoms with E-state index in [-0.39, 0.29) is 23.1 Å². The molecule has 0 aliphatic carbocycles. The van der Waals surface area contributed by atoms with Gasteiger partial charge in [0.05, 0.1) is 35.0 Å². The number of fused-ring (bicyclic) bond motifs is 1. The Balaban J connectivity index is 1.91. The van der Waals surface area contributed by atoms with Gasteiger partial charge in [-0.2, -0.15) is 18.4 Å². The molecule has 168 valence electrons. The lowest BCUT2D eigenvalue weighted by Gasteiger charge is -2.27. The van der Waals surface area contributed by atoms with E-state index in [0.29, 0.717) is 17.2 Å². The first kappa shape index (κ1) is 23.7. The number of carbonyl (C=O) groups is 1. The van der Waals surface area contributed by atoms with E-state index in [2.05, 4.69) is 16.4 Å². The second-order valence-corrected chi connectivity index (χ2v) is 8.92. The average molecular weight is 461 g/mol. The van der Waals surface area contributed by atoms with Gasteiger partial charge in [-0.3, -0.25) is 4.79 Å². The van der Waals surface area contributed by atoms with Gasteiger partial charge in [0, 0.05) is 0 Å². The van der Waals surface area contributed by atoms with Crippen LogP contribution in [0.2, 0.25) is 0 Å². The van der Waals surface area contributed by atoms with Crippen LogP contribution in [-0.4, -0.2) is 26.8 Å². The zero-order valence-corrected chi connectivity index (χ0v) is 18.7. The highest BCUT2D eigenvalue weighted by atomic mass is 32.2. The lowest BCUT2D eigenvalue weighted by atomic mass is 9.90. The van der Waals surface area contributed by atoms with Crippen LogP contribution in [0.5, 0.6) is 0 Å². The van der Waals surface area contributed by atoms with E-state index in [1.807, 2.05) is 44.2 Å². The molecule has 1 aromatic heterocycles. The average Bonchev–Trinajstić information content (AvgIpc) is 3.08. The number of nitrogens with one attached hydrogen (secondary N) is 1. The fourth-order valence-electron chi connectivity index (χ4n) is 3.07. The number of nitriles is 1. The Labute approximate surface area is 188 Å². The van der Waals surface area contributed by atoms with Gasteiger partial charge in [-0.25, -0.2) is 4.98 Å². The van der Waals surface area contributed by atoms with E-state index in [1.54, 1.807) is 11.5 Å². The highest BCUT2D eigenvalue weighted by Gasteiger charge is 2.32. The standard InChI is InChI=1S/C23H23F3N4OS/c1-15(2)22(3,14-27)29-20(31)13-32-21-28-18-11-17(23(24,25)26)9-10-19(18)30(21)12-16-7-5-4-6-8-16/h4-11,15H,12-13H2,1-3H3,(H,29,31). The lowest BCUT2D eigenvalue weighted by molar-refractivity contribution is -0.137. The van der Waals surface area contributed by atoms with Gasteiger partial charge < -0.3 is 9.88 Å². The molecule has 0 saturated carbocycles. The molecule has 0 bridgehead atoms. The fourth-order valence-corrected chi connectivity index (χ4v) is 3.88. The highest BCUT2D eigenvalue weighted by molar-refractivity contribution is 7.99. The number of aromatic nitrogens is 2. The number of alkyl halides is 3. The molecule has 2 aromatic carbocycles. The molecule has 3 aromatic rings. The summed E-state index contributed by atoms with van der Waals surface area (Å²) >= 11 is 1.13. The van der Waals surface area contributed by atoms with Gasteiger partial charge in [-0.15, -0.1) is 0 Å². The van der Waals surface area contributed by atoms with E-state index >= 15 is 0 Å². The number of nitrogens with zero attached hydrogens (tertiary/aromatic N) is 3. The molecule has 1 heterocycles. The molecule has 0 aliphatic heterocycles. The van der Waals surface area contributed by atoms with Crippen molar-refractivity contribution in [2.75, 3.05) is 5.75 Å². The minimum Gasteiger partial charge on any atom is -0.337 e. The minimum absolute atomic E-state index is 0.0196. The van der Waals surface area contributed by atoms with Crippen molar-refractivity contribution in [3.8, 4) is 6.07 Å². The van der Waals surface area contributed by atoms with E-state index in [1.165, 1.54) is 6.07 Å². The summed E-state index contributed by atoms with van der Waals surface area (Å²) in [6.45, 7) is 5.74. The Morgan fingerprint density at radius 2 is 1.91 bits per heavy atom. The number of rotatable bonds is 7. The van der Waals surface area contributed by atoms with Gasteiger partial charge in [0.1, 0.15) is 5.54 Å². The van der Waals surface area contributed by atoms with Crippen LogP contribution < -0.4 is 5.32 Å². The Morgan fingerprint density at radius 3 is 2.50 bits per heavy atom. The molecule has 0 aliphatic rings. The predicted octanol–water partition coefficient (Wildman–Crippen LogP) is 5.25. The quantitative estimate of drug-likeness (QED) is 0.489. The summed E-state index contributed by atoms with van der Waals surface area (Å²) in [7, 11) is 0. The van der Waals surface area contributed by atoms with Gasteiger partial charge >= 0.3 is 6.18 Å². The normalized spacial score (nSPS) is 13.7. The molecular weight excluding hydrogens is 437 g/mol. The molecule has 1 amide bonds. The largest absolute Gasteiger partial charge is 0.416 e. The Hall–Kier alpha value is -2.99. The summed E-state index contributed by atoms with van der Waals surface area (Å²) < 4.78 is 41.3. The van der Waals surface area contributed by atoms with Crippen molar-refractivity contribution in [3.63, 3.8) is 0 Å². The third kappa shape index (κ3) is 5.25. The first-order chi connectivity index (χ1) is 15.0. The topological polar surface area (TPSA) is 70.7 Å². The Morgan fingerprint density at radius 1 is 1.22 bits per heavy atom. The fraction of sp³-hybridized carbons (Fsp3) is 0.348. The molecular formula is C23H23F3N4OS. The summed E-state index contributed by atoms with van der Waals surface area (Å²) in [5.74, 6) is -0.458. The second-order valence-electron chi connectivity index (χ2n) is 7.97. The molecule has 0 spiro atoms. The van der Waals surface area contributed by atoms with Gasteiger partial charge in [-0.05, 0) is 36.6 Å². The number of halogens is 3. The predicted molar refractivity (Wildman–Crippen MR) is 118 cm³/mol. The Bertz CT molecular complexity index is 1150. The van der Waals surface area contributed by atoms with Crippen molar-refractivity contribution in [3.05, 3.63) is 59.7 Å². The smallest absolute Gasteiger partial charge is 0.337 e. The third-order valence-corrected chi connectivity index (χ3v) is 6.32.